The number of rotatable bonds is 8. The summed E-state index contributed by atoms with van der Waals surface area (Å²) in [5.41, 5.74) is 0.917. The molecular formula is C20H21NO6S. The summed E-state index contributed by atoms with van der Waals surface area (Å²) in [5.74, 6) is -0.829. The van der Waals surface area contributed by atoms with Crippen LogP contribution < -0.4 is 4.74 Å². The minimum Gasteiger partial charge on any atom is -0.495 e. The fourth-order valence-corrected chi connectivity index (χ4v) is 3.34. The lowest BCUT2D eigenvalue weighted by Crippen LogP contribution is -2.22. The summed E-state index contributed by atoms with van der Waals surface area (Å²) in [6.07, 6.45) is 2.54. The molecule has 0 aliphatic carbocycles. The second-order valence-corrected chi connectivity index (χ2v) is 8.05. The molecule has 7 nitrogen and oxygen atoms in total. The lowest BCUT2D eigenvalue weighted by Gasteiger charge is -2.14. The highest BCUT2D eigenvalue weighted by atomic mass is 32.2. The van der Waals surface area contributed by atoms with Crippen LogP contribution in [0.5, 0.6) is 5.75 Å². The topological polar surface area (TPSA) is 90.0 Å². The molecule has 0 saturated heterocycles. The van der Waals surface area contributed by atoms with Crippen molar-refractivity contribution in [1.82, 2.24) is 4.31 Å². The SMILES string of the molecule is COc1ccc(/C=C/C(=O)OCC(=O)c2ccccc2)cc1S(=O)(=O)N(C)C. The molecule has 0 N–H and O–H groups in total. The van der Waals surface area contributed by atoms with Crippen LogP contribution in [0.3, 0.4) is 0 Å². The van der Waals surface area contributed by atoms with Gasteiger partial charge in [0.15, 0.2) is 12.4 Å². The first kappa shape index (κ1) is 21.3. The average Bonchev–Trinajstić information content (AvgIpc) is 2.70. The summed E-state index contributed by atoms with van der Waals surface area (Å²) in [7, 11) is 0.487. The van der Waals surface area contributed by atoms with Gasteiger partial charge < -0.3 is 9.47 Å². The highest BCUT2D eigenvalue weighted by molar-refractivity contribution is 7.89. The van der Waals surface area contributed by atoms with Gasteiger partial charge in [0.1, 0.15) is 10.6 Å². The van der Waals surface area contributed by atoms with Crippen molar-refractivity contribution in [3.63, 3.8) is 0 Å². The molecule has 2 rings (SSSR count). The van der Waals surface area contributed by atoms with E-state index in [1.54, 1.807) is 36.4 Å². The predicted octanol–water partition coefficient (Wildman–Crippen LogP) is 2.38. The molecule has 28 heavy (non-hydrogen) atoms. The number of methoxy groups -OCH3 is 1. The summed E-state index contributed by atoms with van der Waals surface area (Å²) in [5, 5.41) is 0. The van der Waals surface area contributed by atoms with Gasteiger partial charge in [-0.15, -0.1) is 0 Å². The third-order valence-corrected chi connectivity index (χ3v) is 5.64. The number of hydrogen-bond acceptors (Lipinski definition) is 6. The second kappa shape index (κ2) is 9.29. The van der Waals surface area contributed by atoms with Crippen molar-refractivity contribution in [3.05, 3.63) is 65.7 Å². The first-order chi connectivity index (χ1) is 13.3. The Kier molecular flexibility index (Phi) is 7.08. The molecule has 2 aromatic rings. The number of sulfonamides is 1. The van der Waals surface area contributed by atoms with Crippen LogP contribution in [0.25, 0.3) is 6.08 Å². The summed E-state index contributed by atoms with van der Waals surface area (Å²) >= 11 is 0. The zero-order valence-corrected chi connectivity index (χ0v) is 16.6. The Morgan fingerprint density at radius 3 is 2.36 bits per heavy atom. The van der Waals surface area contributed by atoms with E-state index >= 15 is 0 Å². The summed E-state index contributed by atoms with van der Waals surface area (Å²) in [4.78, 5) is 23.8. The Labute approximate surface area is 164 Å². The number of ether oxygens (including phenoxy) is 2. The minimum atomic E-state index is -3.72. The van der Waals surface area contributed by atoms with E-state index in [0.717, 1.165) is 10.4 Å². The van der Waals surface area contributed by atoms with E-state index in [4.69, 9.17) is 9.47 Å². The molecule has 0 aromatic heterocycles. The third kappa shape index (κ3) is 5.28. The van der Waals surface area contributed by atoms with Gasteiger partial charge in [-0.05, 0) is 23.8 Å². The molecule has 2 aromatic carbocycles. The van der Waals surface area contributed by atoms with Crippen LogP contribution >= 0.6 is 0 Å². The molecule has 0 unspecified atom stereocenters. The van der Waals surface area contributed by atoms with Gasteiger partial charge in [-0.1, -0.05) is 36.4 Å². The number of esters is 1. The lowest BCUT2D eigenvalue weighted by molar-refractivity contribution is -0.136. The smallest absolute Gasteiger partial charge is 0.331 e. The second-order valence-electron chi connectivity index (χ2n) is 5.93. The number of Topliss-reactive ketones (excluding diaryl/α,β-unsaturated/α-hetero) is 1. The van der Waals surface area contributed by atoms with Crippen LogP contribution in [0.4, 0.5) is 0 Å². The predicted molar refractivity (Wildman–Crippen MR) is 105 cm³/mol. The standard InChI is InChI=1S/C20H21NO6S/c1-21(2)28(24,25)19-13-15(9-11-18(19)26-3)10-12-20(23)27-14-17(22)16-7-5-4-6-8-16/h4-13H,14H2,1-3H3/b12-10+. The molecule has 0 aliphatic rings. The van der Waals surface area contributed by atoms with Gasteiger partial charge in [-0.2, -0.15) is 0 Å². The number of carbonyl (C=O) groups excluding carboxylic acids is 2. The quantitative estimate of drug-likeness (QED) is 0.382. The molecule has 0 amide bonds. The zero-order chi connectivity index (χ0) is 20.7. The van der Waals surface area contributed by atoms with E-state index in [2.05, 4.69) is 0 Å². The van der Waals surface area contributed by atoms with Crippen molar-refractivity contribution in [3.8, 4) is 5.75 Å². The fourth-order valence-electron chi connectivity index (χ4n) is 2.25. The Bertz CT molecular complexity index is 981. The van der Waals surface area contributed by atoms with E-state index < -0.39 is 16.0 Å². The summed E-state index contributed by atoms with van der Waals surface area (Å²) in [6.45, 7) is -0.379. The van der Waals surface area contributed by atoms with Crippen molar-refractivity contribution >= 4 is 27.9 Å². The number of carbonyl (C=O) groups is 2. The minimum absolute atomic E-state index is 0.0187. The van der Waals surface area contributed by atoms with Crippen LogP contribution in [-0.4, -0.2) is 52.3 Å². The van der Waals surface area contributed by atoms with Crippen LogP contribution in [0.1, 0.15) is 15.9 Å². The van der Waals surface area contributed by atoms with E-state index in [1.807, 2.05) is 0 Å². The van der Waals surface area contributed by atoms with Crippen LogP contribution in [0.2, 0.25) is 0 Å². The van der Waals surface area contributed by atoms with Crippen molar-refractivity contribution in [2.75, 3.05) is 27.8 Å². The van der Waals surface area contributed by atoms with Gasteiger partial charge in [0.05, 0.1) is 7.11 Å². The van der Waals surface area contributed by atoms with Gasteiger partial charge in [-0.25, -0.2) is 17.5 Å². The molecule has 0 bridgehead atoms. The molecule has 0 heterocycles. The van der Waals surface area contributed by atoms with Gasteiger partial charge >= 0.3 is 5.97 Å². The largest absolute Gasteiger partial charge is 0.495 e. The summed E-state index contributed by atoms with van der Waals surface area (Å²) in [6, 6.07) is 13.0. The van der Waals surface area contributed by atoms with E-state index in [1.165, 1.54) is 39.4 Å². The first-order valence-electron chi connectivity index (χ1n) is 8.29. The molecule has 0 saturated carbocycles. The highest BCUT2D eigenvalue weighted by Gasteiger charge is 2.22. The maximum absolute atomic E-state index is 12.4. The van der Waals surface area contributed by atoms with Crippen molar-refractivity contribution in [1.29, 1.82) is 0 Å². The Hall–Kier alpha value is -2.97. The zero-order valence-electron chi connectivity index (χ0n) is 15.8. The molecule has 0 aliphatic heterocycles. The summed E-state index contributed by atoms with van der Waals surface area (Å²) < 4.78 is 35.9. The maximum atomic E-state index is 12.4. The molecular weight excluding hydrogens is 382 g/mol. The third-order valence-electron chi connectivity index (χ3n) is 3.80. The van der Waals surface area contributed by atoms with Crippen molar-refractivity contribution < 1.29 is 27.5 Å². The molecule has 148 valence electrons. The molecule has 0 atom stereocenters. The molecule has 8 heteroatoms. The van der Waals surface area contributed by atoms with E-state index in [0.29, 0.717) is 11.1 Å². The van der Waals surface area contributed by atoms with Crippen molar-refractivity contribution in [2.24, 2.45) is 0 Å². The Balaban J connectivity index is 2.09. The Morgan fingerprint density at radius 1 is 1.07 bits per heavy atom. The van der Waals surface area contributed by atoms with Gasteiger partial charge in [0, 0.05) is 25.7 Å². The van der Waals surface area contributed by atoms with Crippen LogP contribution in [0.15, 0.2) is 59.5 Å². The van der Waals surface area contributed by atoms with Gasteiger partial charge in [-0.3, -0.25) is 4.79 Å². The van der Waals surface area contributed by atoms with Gasteiger partial charge in [0.25, 0.3) is 0 Å². The molecule has 0 fully saturated rings. The normalized spacial score (nSPS) is 11.6. The van der Waals surface area contributed by atoms with Crippen molar-refractivity contribution in [2.45, 2.75) is 4.90 Å². The Morgan fingerprint density at radius 2 is 1.75 bits per heavy atom. The number of nitrogens with zero attached hydrogens (tertiary/aromatic N) is 1. The highest BCUT2D eigenvalue weighted by Crippen LogP contribution is 2.27. The van der Waals surface area contributed by atoms with E-state index in [9.17, 15) is 18.0 Å². The monoisotopic (exact) mass is 403 g/mol. The maximum Gasteiger partial charge on any atom is 0.331 e. The number of benzene rings is 2. The van der Waals surface area contributed by atoms with Gasteiger partial charge in [0.2, 0.25) is 10.0 Å². The van der Waals surface area contributed by atoms with Crippen LogP contribution in [-0.2, 0) is 19.6 Å². The number of ketones is 1. The average molecular weight is 403 g/mol. The first-order valence-corrected chi connectivity index (χ1v) is 9.73. The number of hydrogen-bond donors (Lipinski definition) is 0. The van der Waals surface area contributed by atoms with Crippen LogP contribution in [0, 0.1) is 0 Å². The lowest BCUT2D eigenvalue weighted by atomic mass is 10.1. The molecule has 0 spiro atoms. The molecule has 0 radical (unpaired) electrons. The fraction of sp³-hybridized carbons (Fsp3) is 0.200. The van der Waals surface area contributed by atoms with E-state index in [-0.39, 0.29) is 23.0 Å².